The van der Waals surface area contributed by atoms with E-state index in [1.807, 2.05) is 4.90 Å². The number of nitrogens with one attached hydrogen (secondary N) is 1. The van der Waals surface area contributed by atoms with E-state index in [1.165, 1.54) is 12.1 Å². The number of carbonyl (C=O) groups is 2. The van der Waals surface area contributed by atoms with Gasteiger partial charge in [0.2, 0.25) is 5.91 Å². The number of halogens is 3. The fourth-order valence-electron chi connectivity index (χ4n) is 3.54. The summed E-state index contributed by atoms with van der Waals surface area (Å²) in [5.41, 5.74) is 0.509. The summed E-state index contributed by atoms with van der Waals surface area (Å²) in [5.74, 6) is -0.411. The molecule has 4 rings (SSSR count). The average molecular weight is 528 g/mol. The summed E-state index contributed by atoms with van der Waals surface area (Å²) < 4.78 is 0.593. The summed E-state index contributed by atoms with van der Waals surface area (Å²) in [7, 11) is 0. The van der Waals surface area contributed by atoms with E-state index in [-0.39, 0.29) is 24.0 Å². The highest BCUT2D eigenvalue weighted by atomic mass is 35.5. The molecule has 1 aliphatic rings. The lowest BCUT2D eigenvalue weighted by atomic mass is 10.2. The first-order chi connectivity index (χ1) is 15.7. The number of nitro groups is 1. The number of fused-ring (bicyclic) bond motifs is 1. The lowest BCUT2D eigenvalue weighted by Gasteiger charge is -2.34. The molecule has 1 aromatic heterocycles. The van der Waals surface area contributed by atoms with Gasteiger partial charge in [-0.15, -0.1) is 11.3 Å². The van der Waals surface area contributed by atoms with Crippen molar-refractivity contribution in [2.45, 2.75) is 0 Å². The molecule has 0 unspecified atom stereocenters. The van der Waals surface area contributed by atoms with Crippen LogP contribution < -0.4 is 5.32 Å². The van der Waals surface area contributed by atoms with Crippen molar-refractivity contribution in [2.24, 2.45) is 0 Å². The zero-order valence-electron chi connectivity index (χ0n) is 17.0. The summed E-state index contributed by atoms with van der Waals surface area (Å²) >= 11 is 19.4. The van der Waals surface area contributed by atoms with E-state index in [1.54, 1.807) is 29.2 Å². The molecule has 0 bridgehead atoms. The highest BCUT2D eigenvalue weighted by molar-refractivity contribution is 7.21. The SMILES string of the molecule is O=C(CN1CCN(C(=O)c2sc3cc([N+](=O)[O-])ccc3c2Cl)CC1)Nc1ccc(Cl)c(Cl)c1. The average Bonchev–Trinajstić information content (AvgIpc) is 3.12. The second-order valence-corrected chi connectivity index (χ2v) is 9.67. The van der Waals surface area contributed by atoms with Crippen molar-refractivity contribution in [3.63, 3.8) is 0 Å². The Morgan fingerprint density at radius 2 is 1.76 bits per heavy atom. The molecule has 0 spiro atoms. The van der Waals surface area contributed by atoms with Crippen LogP contribution in [-0.2, 0) is 4.79 Å². The van der Waals surface area contributed by atoms with Crippen LogP contribution in [0.1, 0.15) is 9.67 Å². The van der Waals surface area contributed by atoms with Gasteiger partial charge in [-0.1, -0.05) is 34.8 Å². The Hall–Kier alpha value is -2.43. The number of amides is 2. The molecule has 0 radical (unpaired) electrons. The van der Waals surface area contributed by atoms with Crippen LogP contribution in [-0.4, -0.2) is 59.3 Å². The molecular formula is C21H17Cl3N4O4S. The van der Waals surface area contributed by atoms with Crippen molar-refractivity contribution in [2.75, 3.05) is 38.0 Å². The first kappa shape index (κ1) is 23.7. The summed E-state index contributed by atoms with van der Waals surface area (Å²) in [6, 6.07) is 9.23. The van der Waals surface area contributed by atoms with Crippen LogP contribution in [0.15, 0.2) is 36.4 Å². The van der Waals surface area contributed by atoms with E-state index >= 15 is 0 Å². The number of carbonyl (C=O) groups excluding carboxylic acids is 2. The van der Waals surface area contributed by atoms with Gasteiger partial charge < -0.3 is 10.2 Å². The van der Waals surface area contributed by atoms with Gasteiger partial charge in [-0.3, -0.25) is 24.6 Å². The fraction of sp³-hybridized carbons (Fsp3) is 0.238. The standard InChI is InChI=1S/C21H17Cl3N4O4S/c22-15-4-1-12(9-16(15)23)25-18(29)11-26-5-7-27(8-6-26)21(30)20-19(24)14-3-2-13(28(31)32)10-17(14)33-20/h1-4,9-10H,5-8,11H2,(H,25,29). The number of non-ortho nitro benzene ring substituents is 1. The molecule has 12 heteroatoms. The van der Waals surface area contributed by atoms with Crippen molar-refractivity contribution in [3.8, 4) is 0 Å². The van der Waals surface area contributed by atoms with Crippen LogP contribution in [0.2, 0.25) is 15.1 Å². The fourth-order valence-corrected chi connectivity index (χ4v) is 5.35. The first-order valence-electron chi connectivity index (χ1n) is 9.86. The molecular weight excluding hydrogens is 511 g/mol. The highest BCUT2D eigenvalue weighted by Gasteiger charge is 2.27. The Bertz CT molecular complexity index is 1260. The number of nitrogens with zero attached hydrogens (tertiary/aromatic N) is 3. The molecule has 2 amide bonds. The van der Waals surface area contributed by atoms with Gasteiger partial charge in [0, 0.05) is 54.1 Å². The number of hydrogen-bond acceptors (Lipinski definition) is 6. The van der Waals surface area contributed by atoms with E-state index in [2.05, 4.69) is 5.32 Å². The number of thiophene rings is 1. The van der Waals surface area contributed by atoms with Crippen LogP contribution in [0, 0.1) is 10.1 Å². The van der Waals surface area contributed by atoms with E-state index in [4.69, 9.17) is 34.8 Å². The molecule has 1 aliphatic heterocycles. The third-order valence-corrected chi connectivity index (χ3v) is 7.63. The van der Waals surface area contributed by atoms with E-state index < -0.39 is 4.92 Å². The van der Waals surface area contributed by atoms with Crippen molar-refractivity contribution < 1.29 is 14.5 Å². The zero-order chi connectivity index (χ0) is 23.7. The van der Waals surface area contributed by atoms with E-state index in [0.717, 1.165) is 11.3 Å². The van der Waals surface area contributed by atoms with Crippen LogP contribution >= 0.6 is 46.1 Å². The summed E-state index contributed by atoms with van der Waals surface area (Å²) in [4.78, 5) is 39.9. The molecule has 172 valence electrons. The molecule has 0 aliphatic carbocycles. The van der Waals surface area contributed by atoms with E-state index in [9.17, 15) is 19.7 Å². The predicted octanol–water partition coefficient (Wildman–Crippen LogP) is 5.17. The summed E-state index contributed by atoms with van der Waals surface area (Å²) in [5, 5.41) is 15.5. The largest absolute Gasteiger partial charge is 0.335 e. The molecule has 1 saturated heterocycles. The minimum Gasteiger partial charge on any atom is -0.335 e. The van der Waals surface area contributed by atoms with Crippen molar-refractivity contribution in [1.82, 2.24) is 9.80 Å². The Balaban J connectivity index is 1.36. The second kappa shape index (κ2) is 9.82. The van der Waals surface area contributed by atoms with Gasteiger partial charge >= 0.3 is 0 Å². The van der Waals surface area contributed by atoms with Crippen molar-refractivity contribution in [3.05, 3.63) is 66.5 Å². The Morgan fingerprint density at radius 3 is 2.42 bits per heavy atom. The van der Waals surface area contributed by atoms with Crippen molar-refractivity contribution >= 4 is 79.4 Å². The molecule has 3 aromatic rings. The first-order valence-corrected chi connectivity index (χ1v) is 11.8. The minimum atomic E-state index is -0.481. The quantitative estimate of drug-likeness (QED) is 0.365. The molecule has 2 heterocycles. The molecule has 1 N–H and O–H groups in total. The third-order valence-electron chi connectivity index (χ3n) is 5.25. The van der Waals surface area contributed by atoms with Gasteiger partial charge in [-0.05, 0) is 24.3 Å². The number of nitro benzene ring substituents is 1. The van der Waals surface area contributed by atoms with Gasteiger partial charge in [0.25, 0.3) is 11.6 Å². The molecule has 8 nitrogen and oxygen atoms in total. The van der Waals surface area contributed by atoms with Gasteiger partial charge in [0.15, 0.2) is 0 Å². The number of hydrogen-bond donors (Lipinski definition) is 1. The number of anilines is 1. The second-order valence-electron chi connectivity index (χ2n) is 7.43. The van der Waals surface area contributed by atoms with E-state index in [0.29, 0.717) is 61.9 Å². The van der Waals surface area contributed by atoms with Crippen LogP contribution in [0.3, 0.4) is 0 Å². The van der Waals surface area contributed by atoms with Crippen LogP contribution in [0.4, 0.5) is 11.4 Å². The smallest absolute Gasteiger partial charge is 0.270 e. The number of benzene rings is 2. The molecule has 0 atom stereocenters. The normalized spacial score (nSPS) is 14.5. The van der Waals surface area contributed by atoms with Gasteiger partial charge in [-0.2, -0.15) is 0 Å². The van der Waals surface area contributed by atoms with Crippen molar-refractivity contribution in [1.29, 1.82) is 0 Å². The predicted molar refractivity (Wildman–Crippen MR) is 131 cm³/mol. The number of rotatable bonds is 5. The maximum atomic E-state index is 13.0. The number of piperazine rings is 1. The van der Waals surface area contributed by atoms with Gasteiger partial charge in [0.05, 0.1) is 26.5 Å². The lowest BCUT2D eigenvalue weighted by molar-refractivity contribution is -0.384. The molecule has 1 fully saturated rings. The Labute approximate surface area is 207 Å². The summed E-state index contributed by atoms with van der Waals surface area (Å²) in [6.07, 6.45) is 0. The zero-order valence-corrected chi connectivity index (χ0v) is 20.1. The maximum Gasteiger partial charge on any atom is 0.270 e. The summed E-state index contributed by atoms with van der Waals surface area (Å²) in [6.45, 7) is 2.09. The minimum absolute atomic E-state index is 0.0489. The third kappa shape index (κ3) is 5.23. The molecule has 0 saturated carbocycles. The Kier molecular flexibility index (Phi) is 7.06. The van der Waals surface area contributed by atoms with Crippen LogP contribution in [0.5, 0.6) is 0 Å². The lowest BCUT2D eigenvalue weighted by Crippen LogP contribution is -2.50. The topological polar surface area (TPSA) is 95.8 Å². The highest BCUT2D eigenvalue weighted by Crippen LogP contribution is 2.38. The monoisotopic (exact) mass is 526 g/mol. The Morgan fingerprint density at radius 1 is 1.03 bits per heavy atom. The molecule has 33 heavy (non-hydrogen) atoms. The van der Waals surface area contributed by atoms with Gasteiger partial charge in [0.1, 0.15) is 4.88 Å². The van der Waals surface area contributed by atoms with Gasteiger partial charge in [-0.25, -0.2) is 0 Å². The van der Waals surface area contributed by atoms with Crippen LogP contribution in [0.25, 0.3) is 10.1 Å². The maximum absolute atomic E-state index is 13.0. The molecule has 2 aromatic carbocycles.